The number of hydrogen-bond donors (Lipinski definition) is 0. The molecule has 172 valence electrons. The fraction of sp³-hybridized carbons (Fsp3) is 0.773. The monoisotopic (exact) mass is 433 g/mol. The summed E-state index contributed by atoms with van der Waals surface area (Å²) in [6.07, 6.45) is 3.01. The fourth-order valence-corrected chi connectivity index (χ4v) is 4.44. The van der Waals surface area contributed by atoms with Crippen molar-refractivity contribution in [2.24, 2.45) is 11.3 Å². The number of aryl methyl sites for hydroxylation is 1. The van der Waals surface area contributed by atoms with Crippen LogP contribution in [0.4, 0.5) is 0 Å². The number of rotatable bonds is 5. The molecule has 2 atom stereocenters. The molecule has 2 fully saturated rings. The second-order valence-electron chi connectivity index (χ2n) is 9.67. The topological polar surface area (TPSA) is 99.9 Å². The lowest BCUT2D eigenvalue weighted by molar-refractivity contribution is -0.145. The van der Waals surface area contributed by atoms with Crippen LogP contribution in [0.15, 0.2) is 4.52 Å². The lowest BCUT2D eigenvalue weighted by Crippen LogP contribution is -2.49. The maximum absolute atomic E-state index is 13.2. The van der Waals surface area contributed by atoms with Crippen molar-refractivity contribution in [3.63, 3.8) is 0 Å². The van der Waals surface area contributed by atoms with Gasteiger partial charge in [-0.05, 0) is 19.3 Å². The lowest BCUT2D eigenvalue weighted by Gasteiger charge is -2.37. The molecule has 1 aromatic rings. The number of aromatic nitrogens is 2. The van der Waals surface area contributed by atoms with E-state index in [1.807, 2.05) is 37.5 Å². The van der Waals surface area contributed by atoms with Crippen molar-refractivity contribution in [1.29, 1.82) is 0 Å². The Morgan fingerprint density at radius 3 is 2.48 bits per heavy atom. The zero-order chi connectivity index (χ0) is 22.8. The van der Waals surface area contributed by atoms with E-state index in [1.165, 1.54) is 6.92 Å². The van der Waals surface area contributed by atoms with Crippen molar-refractivity contribution in [1.82, 2.24) is 24.8 Å². The molecule has 9 nitrogen and oxygen atoms in total. The van der Waals surface area contributed by atoms with Crippen LogP contribution in [0.25, 0.3) is 0 Å². The molecular formula is C22H35N5O4. The fourth-order valence-electron chi connectivity index (χ4n) is 4.44. The van der Waals surface area contributed by atoms with Gasteiger partial charge in [0.05, 0.1) is 18.5 Å². The number of hydrogen-bond acceptors (Lipinski definition) is 6. The maximum Gasteiger partial charge on any atom is 0.227 e. The molecule has 2 aliphatic rings. The largest absolute Gasteiger partial charge is 0.341 e. The Kier molecular flexibility index (Phi) is 7.01. The molecule has 3 heterocycles. The highest BCUT2D eigenvalue weighted by Gasteiger charge is 2.38. The molecule has 0 radical (unpaired) electrons. The first-order chi connectivity index (χ1) is 14.6. The van der Waals surface area contributed by atoms with Gasteiger partial charge >= 0.3 is 0 Å². The van der Waals surface area contributed by atoms with E-state index in [-0.39, 0.29) is 36.2 Å². The van der Waals surface area contributed by atoms with E-state index in [0.29, 0.717) is 44.3 Å². The third kappa shape index (κ3) is 5.43. The van der Waals surface area contributed by atoms with Crippen molar-refractivity contribution in [3.05, 3.63) is 11.7 Å². The molecule has 0 bridgehead atoms. The van der Waals surface area contributed by atoms with Crippen LogP contribution in [-0.2, 0) is 27.3 Å². The van der Waals surface area contributed by atoms with Gasteiger partial charge in [-0.2, -0.15) is 4.98 Å². The minimum atomic E-state index is -0.446. The molecule has 9 heteroatoms. The third-order valence-electron chi connectivity index (χ3n) is 6.14. The first-order valence-corrected chi connectivity index (χ1v) is 11.3. The molecule has 2 saturated heterocycles. The molecule has 1 aromatic heterocycles. The lowest BCUT2D eigenvalue weighted by atomic mass is 9.90. The van der Waals surface area contributed by atoms with Gasteiger partial charge in [0.15, 0.2) is 5.82 Å². The summed E-state index contributed by atoms with van der Waals surface area (Å²) in [7, 11) is 0. The molecule has 0 N–H and O–H groups in total. The molecule has 0 spiro atoms. The minimum absolute atomic E-state index is 0.0678. The van der Waals surface area contributed by atoms with Gasteiger partial charge in [-0.25, -0.2) is 0 Å². The van der Waals surface area contributed by atoms with Crippen molar-refractivity contribution < 1.29 is 18.9 Å². The van der Waals surface area contributed by atoms with E-state index in [0.717, 1.165) is 19.3 Å². The molecule has 0 aliphatic carbocycles. The quantitative estimate of drug-likeness (QED) is 0.703. The van der Waals surface area contributed by atoms with Crippen molar-refractivity contribution >= 4 is 17.7 Å². The zero-order valence-corrected chi connectivity index (χ0v) is 19.4. The number of piperidine rings is 1. The maximum atomic E-state index is 13.2. The number of carbonyl (C=O) groups excluding carboxylic acids is 3. The Morgan fingerprint density at radius 2 is 1.87 bits per heavy atom. The van der Waals surface area contributed by atoms with Crippen LogP contribution < -0.4 is 0 Å². The second kappa shape index (κ2) is 9.36. The number of carbonyl (C=O) groups is 3. The second-order valence-corrected chi connectivity index (χ2v) is 9.67. The normalized spacial score (nSPS) is 22.0. The molecule has 0 aromatic carbocycles. The molecule has 3 rings (SSSR count). The first kappa shape index (κ1) is 23.2. The molecule has 2 unspecified atom stereocenters. The van der Waals surface area contributed by atoms with Gasteiger partial charge in [-0.15, -0.1) is 0 Å². The Balaban J connectivity index is 1.61. The average Bonchev–Trinajstić information content (AvgIpc) is 3.39. The van der Waals surface area contributed by atoms with Crippen LogP contribution >= 0.6 is 0 Å². The van der Waals surface area contributed by atoms with E-state index in [9.17, 15) is 14.4 Å². The van der Waals surface area contributed by atoms with Crippen LogP contribution in [0.3, 0.4) is 0 Å². The average molecular weight is 434 g/mol. The summed E-state index contributed by atoms with van der Waals surface area (Å²) in [6.45, 7) is 11.8. The van der Waals surface area contributed by atoms with Gasteiger partial charge in [0.25, 0.3) is 0 Å². The van der Waals surface area contributed by atoms with Crippen LogP contribution in [0.5, 0.6) is 0 Å². The summed E-state index contributed by atoms with van der Waals surface area (Å²) in [5.74, 6) is 0.980. The summed E-state index contributed by atoms with van der Waals surface area (Å²) >= 11 is 0. The molecule has 3 amide bonds. The van der Waals surface area contributed by atoms with Crippen LogP contribution in [-0.4, -0.2) is 74.8 Å². The summed E-state index contributed by atoms with van der Waals surface area (Å²) in [5, 5.41) is 3.95. The summed E-state index contributed by atoms with van der Waals surface area (Å²) < 4.78 is 5.15. The van der Waals surface area contributed by atoms with Gasteiger partial charge in [0.1, 0.15) is 0 Å². The molecule has 31 heavy (non-hydrogen) atoms. The van der Waals surface area contributed by atoms with Crippen LogP contribution in [0.1, 0.15) is 65.6 Å². The highest BCUT2D eigenvalue weighted by Crippen LogP contribution is 2.27. The minimum Gasteiger partial charge on any atom is -0.341 e. The van der Waals surface area contributed by atoms with Crippen molar-refractivity contribution in [2.45, 2.75) is 72.9 Å². The summed E-state index contributed by atoms with van der Waals surface area (Å²) in [4.78, 5) is 47.9. The zero-order valence-electron chi connectivity index (χ0n) is 19.4. The highest BCUT2D eigenvalue weighted by molar-refractivity contribution is 5.84. The Labute approximate surface area is 184 Å². The number of likely N-dealkylation sites (tertiary alicyclic amines) is 2. The van der Waals surface area contributed by atoms with E-state index < -0.39 is 5.41 Å². The number of nitrogens with zero attached hydrogens (tertiary/aromatic N) is 5. The van der Waals surface area contributed by atoms with Gasteiger partial charge in [-0.1, -0.05) is 32.9 Å². The molecule has 0 saturated carbocycles. The summed E-state index contributed by atoms with van der Waals surface area (Å²) in [5.41, 5.74) is -0.446. The molecule has 2 aliphatic heterocycles. The van der Waals surface area contributed by atoms with Crippen LogP contribution in [0, 0.1) is 11.3 Å². The Hall–Kier alpha value is -2.45. The smallest absolute Gasteiger partial charge is 0.227 e. The first-order valence-electron chi connectivity index (χ1n) is 11.3. The number of amides is 3. The standard InChI is InChI=1S/C22H35N5O4/c1-6-19-23-18(24-31-19)14-27(15(2)28)17-9-11-25(13-17)20(29)16-8-7-10-26(12-16)21(30)22(3,4)5/h16-17H,6-14H2,1-5H3. The van der Waals surface area contributed by atoms with Crippen molar-refractivity contribution in [2.75, 3.05) is 26.2 Å². The SMILES string of the molecule is CCc1nc(CN(C(C)=O)C2CCN(C(=O)C3CCCN(C(=O)C(C)(C)C)C3)C2)no1. The third-order valence-corrected chi connectivity index (χ3v) is 6.14. The van der Waals surface area contributed by atoms with Crippen LogP contribution in [0.2, 0.25) is 0 Å². The van der Waals surface area contributed by atoms with Gasteiger partial charge in [-0.3, -0.25) is 14.4 Å². The molecular weight excluding hydrogens is 398 g/mol. The van der Waals surface area contributed by atoms with Crippen molar-refractivity contribution in [3.8, 4) is 0 Å². The van der Waals surface area contributed by atoms with E-state index in [4.69, 9.17) is 4.52 Å². The van der Waals surface area contributed by atoms with E-state index >= 15 is 0 Å². The van der Waals surface area contributed by atoms with Gasteiger partial charge < -0.3 is 19.2 Å². The van der Waals surface area contributed by atoms with E-state index in [2.05, 4.69) is 10.1 Å². The predicted octanol–water partition coefficient (Wildman–Crippen LogP) is 1.87. The highest BCUT2D eigenvalue weighted by atomic mass is 16.5. The Morgan fingerprint density at radius 1 is 1.13 bits per heavy atom. The Bertz CT molecular complexity index is 815. The van der Waals surface area contributed by atoms with Gasteiger partial charge in [0, 0.05) is 44.9 Å². The summed E-state index contributed by atoms with van der Waals surface area (Å²) in [6, 6.07) is -0.0686. The predicted molar refractivity (Wildman–Crippen MR) is 114 cm³/mol. The van der Waals surface area contributed by atoms with E-state index in [1.54, 1.807) is 4.90 Å². The van der Waals surface area contributed by atoms with Gasteiger partial charge in [0.2, 0.25) is 23.6 Å².